The molecule has 4 unspecified atom stereocenters. The normalized spacial score (nSPS) is 30.1. The predicted molar refractivity (Wildman–Crippen MR) is 84.1 cm³/mol. The second kappa shape index (κ2) is 7.92. The van der Waals surface area contributed by atoms with E-state index in [1.54, 1.807) is 0 Å². The molecular formula is C16H29N3O3. The Labute approximate surface area is 132 Å². The minimum absolute atomic E-state index is 0.0146. The van der Waals surface area contributed by atoms with E-state index in [-0.39, 0.29) is 35.7 Å². The number of hydrogen-bond donors (Lipinski definition) is 3. The van der Waals surface area contributed by atoms with Crippen molar-refractivity contribution >= 4 is 11.8 Å². The molecule has 2 saturated heterocycles. The van der Waals surface area contributed by atoms with Gasteiger partial charge in [0.2, 0.25) is 11.8 Å². The number of hydrogen-bond acceptors (Lipinski definition) is 4. The van der Waals surface area contributed by atoms with E-state index in [2.05, 4.69) is 10.6 Å². The topological polar surface area (TPSA) is 81.7 Å². The summed E-state index contributed by atoms with van der Waals surface area (Å²) >= 11 is 0. The molecule has 0 saturated carbocycles. The fraction of sp³-hybridized carbons (Fsp3) is 0.875. The van der Waals surface area contributed by atoms with Gasteiger partial charge in [0.05, 0.1) is 12.0 Å². The molecule has 0 radical (unpaired) electrons. The average molecular weight is 311 g/mol. The van der Waals surface area contributed by atoms with Gasteiger partial charge in [0.1, 0.15) is 0 Å². The first kappa shape index (κ1) is 17.2. The number of nitrogens with one attached hydrogen (secondary N) is 2. The smallest absolute Gasteiger partial charge is 0.225 e. The van der Waals surface area contributed by atoms with Crippen molar-refractivity contribution in [1.82, 2.24) is 15.5 Å². The highest BCUT2D eigenvalue weighted by molar-refractivity contribution is 5.82. The lowest BCUT2D eigenvalue weighted by atomic mass is 9.95. The molecule has 3 N–H and O–H groups in total. The molecule has 2 aliphatic heterocycles. The van der Waals surface area contributed by atoms with Gasteiger partial charge in [0.15, 0.2) is 0 Å². The maximum absolute atomic E-state index is 12.3. The molecule has 0 aromatic rings. The van der Waals surface area contributed by atoms with Crippen molar-refractivity contribution in [2.24, 2.45) is 17.8 Å². The van der Waals surface area contributed by atoms with Gasteiger partial charge in [0.25, 0.3) is 0 Å². The van der Waals surface area contributed by atoms with Crippen molar-refractivity contribution in [2.45, 2.75) is 39.2 Å². The van der Waals surface area contributed by atoms with Crippen LogP contribution in [-0.2, 0) is 9.59 Å². The van der Waals surface area contributed by atoms with Crippen LogP contribution in [0.4, 0.5) is 0 Å². The number of likely N-dealkylation sites (tertiary alicyclic amines) is 1. The van der Waals surface area contributed by atoms with Crippen LogP contribution in [0.5, 0.6) is 0 Å². The lowest BCUT2D eigenvalue weighted by molar-refractivity contribution is -0.139. The van der Waals surface area contributed by atoms with Crippen molar-refractivity contribution in [3.05, 3.63) is 0 Å². The number of piperidine rings is 1. The van der Waals surface area contributed by atoms with Crippen molar-refractivity contribution in [1.29, 1.82) is 0 Å². The lowest BCUT2D eigenvalue weighted by Gasteiger charge is -2.33. The first-order chi connectivity index (χ1) is 10.5. The zero-order chi connectivity index (χ0) is 16.1. The SMILES string of the molecule is CCC(C)C(=O)N1CCCC(C(=O)NCC2CNCC2O)C1. The van der Waals surface area contributed by atoms with Gasteiger partial charge in [-0.15, -0.1) is 0 Å². The molecule has 2 fully saturated rings. The third kappa shape index (κ3) is 4.20. The van der Waals surface area contributed by atoms with Crippen LogP contribution in [0.3, 0.4) is 0 Å². The van der Waals surface area contributed by atoms with Crippen LogP contribution < -0.4 is 10.6 Å². The molecule has 0 spiro atoms. The fourth-order valence-electron chi connectivity index (χ4n) is 3.18. The molecule has 6 nitrogen and oxygen atoms in total. The summed E-state index contributed by atoms with van der Waals surface area (Å²) < 4.78 is 0. The molecule has 2 heterocycles. The van der Waals surface area contributed by atoms with Gasteiger partial charge >= 0.3 is 0 Å². The molecule has 2 rings (SSSR count). The Kier molecular flexibility index (Phi) is 6.20. The van der Waals surface area contributed by atoms with Gasteiger partial charge in [-0.2, -0.15) is 0 Å². The predicted octanol–water partition coefficient (Wildman–Crippen LogP) is -0.0324. The number of rotatable bonds is 5. The summed E-state index contributed by atoms with van der Waals surface area (Å²) in [6.07, 6.45) is 2.17. The number of aliphatic hydroxyl groups excluding tert-OH is 1. The second-order valence-electron chi connectivity index (χ2n) is 6.66. The molecule has 2 amide bonds. The minimum Gasteiger partial charge on any atom is -0.391 e. The van der Waals surface area contributed by atoms with Crippen LogP contribution in [0, 0.1) is 17.8 Å². The minimum atomic E-state index is -0.380. The molecule has 126 valence electrons. The number of carbonyl (C=O) groups excluding carboxylic acids is 2. The van der Waals surface area contributed by atoms with Crippen molar-refractivity contribution in [3.63, 3.8) is 0 Å². The highest BCUT2D eigenvalue weighted by atomic mass is 16.3. The summed E-state index contributed by atoms with van der Waals surface area (Å²) in [5.41, 5.74) is 0. The molecule has 2 aliphatic rings. The van der Waals surface area contributed by atoms with Crippen LogP contribution in [0.2, 0.25) is 0 Å². The highest BCUT2D eigenvalue weighted by Gasteiger charge is 2.31. The number of β-amino-alcohol motifs (C(OH)–C–C–N with tert-alkyl or cyclic N) is 1. The summed E-state index contributed by atoms with van der Waals surface area (Å²) in [4.78, 5) is 26.4. The number of aliphatic hydroxyl groups is 1. The number of nitrogens with zero attached hydrogens (tertiary/aromatic N) is 1. The van der Waals surface area contributed by atoms with E-state index in [0.717, 1.165) is 32.4 Å². The van der Waals surface area contributed by atoms with Crippen molar-refractivity contribution < 1.29 is 14.7 Å². The molecule has 0 bridgehead atoms. The van der Waals surface area contributed by atoms with Crippen LogP contribution in [0.25, 0.3) is 0 Å². The Morgan fingerprint density at radius 3 is 2.82 bits per heavy atom. The van der Waals surface area contributed by atoms with Crippen molar-refractivity contribution in [2.75, 3.05) is 32.7 Å². The lowest BCUT2D eigenvalue weighted by Crippen LogP contribution is -2.48. The maximum atomic E-state index is 12.3. The van der Waals surface area contributed by atoms with Crippen molar-refractivity contribution in [3.8, 4) is 0 Å². The van der Waals surface area contributed by atoms with E-state index in [4.69, 9.17) is 0 Å². The largest absolute Gasteiger partial charge is 0.391 e. The van der Waals surface area contributed by atoms with E-state index in [9.17, 15) is 14.7 Å². The zero-order valence-electron chi connectivity index (χ0n) is 13.7. The molecule has 0 aliphatic carbocycles. The summed E-state index contributed by atoms with van der Waals surface area (Å²) in [7, 11) is 0. The quantitative estimate of drug-likeness (QED) is 0.666. The number of carbonyl (C=O) groups is 2. The second-order valence-corrected chi connectivity index (χ2v) is 6.66. The van der Waals surface area contributed by atoms with Gasteiger partial charge in [-0.05, 0) is 19.3 Å². The van der Waals surface area contributed by atoms with Crippen LogP contribution in [0.1, 0.15) is 33.1 Å². The standard InChI is InChI=1S/C16H29N3O3/c1-3-11(2)16(22)19-6-4-5-12(10-19)15(21)18-8-13-7-17-9-14(13)20/h11-14,17,20H,3-10H2,1-2H3,(H,18,21). The molecule has 22 heavy (non-hydrogen) atoms. The molecular weight excluding hydrogens is 282 g/mol. The Balaban J connectivity index is 1.81. The number of amides is 2. The Morgan fingerprint density at radius 1 is 1.41 bits per heavy atom. The molecule has 0 aromatic heterocycles. The first-order valence-corrected chi connectivity index (χ1v) is 8.48. The molecule has 0 aromatic carbocycles. The summed E-state index contributed by atoms with van der Waals surface area (Å²) in [5, 5.41) is 15.8. The van der Waals surface area contributed by atoms with E-state index in [0.29, 0.717) is 19.6 Å². The summed E-state index contributed by atoms with van der Waals surface area (Å²) in [6.45, 7) is 7.09. The third-order valence-corrected chi connectivity index (χ3v) is 4.98. The highest BCUT2D eigenvalue weighted by Crippen LogP contribution is 2.19. The maximum Gasteiger partial charge on any atom is 0.225 e. The van der Waals surface area contributed by atoms with E-state index < -0.39 is 0 Å². The molecule has 4 atom stereocenters. The summed E-state index contributed by atoms with van der Waals surface area (Å²) in [5.74, 6) is 0.177. The zero-order valence-corrected chi connectivity index (χ0v) is 13.7. The Morgan fingerprint density at radius 2 is 2.18 bits per heavy atom. The Bertz CT molecular complexity index is 402. The third-order valence-electron chi connectivity index (χ3n) is 4.98. The van der Waals surface area contributed by atoms with Gasteiger partial charge in [-0.3, -0.25) is 9.59 Å². The molecule has 6 heteroatoms. The van der Waals surface area contributed by atoms with Gasteiger partial charge in [-0.25, -0.2) is 0 Å². The van der Waals surface area contributed by atoms with Gasteiger partial charge < -0.3 is 20.6 Å². The van der Waals surface area contributed by atoms with Gasteiger partial charge in [-0.1, -0.05) is 13.8 Å². The average Bonchev–Trinajstić information content (AvgIpc) is 2.96. The fourth-order valence-corrected chi connectivity index (χ4v) is 3.18. The van der Waals surface area contributed by atoms with E-state index in [1.165, 1.54) is 0 Å². The van der Waals surface area contributed by atoms with Crippen LogP contribution >= 0.6 is 0 Å². The first-order valence-electron chi connectivity index (χ1n) is 8.48. The van der Waals surface area contributed by atoms with Gasteiger partial charge in [0, 0.05) is 44.6 Å². The van der Waals surface area contributed by atoms with Crippen LogP contribution in [0.15, 0.2) is 0 Å². The van der Waals surface area contributed by atoms with E-state index in [1.807, 2.05) is 18.7 Å². The monoisotopic (exact) mass is 311 g/mol. The van der Waals surface area contributed by atoms with Crippen LogP contribution in [-0.4, -0.2) is 60.6 Å². The Hall–Kier alpha value is -1.14. The van der Waals surface area contributed by atoms with E-state index >= 15 is 0 Å². The summed E-state index contributed by atoms with van der Waals surface area (Å²) in [6, 6.07) is 0.